The molecule has 0 amide bonds. The third-order valence-electron chi connectivity index (χ3n) is 1.69. The summed E-state index contributed by atoms with van der Waals surface area (Å²) in [6.45, 7) is 2.39. The monoisotopic (exact) mass is 212 g/mol. The van der Waals surface area contributed by atoms with Gasteiger partial charge in [-0.05, 0) is 30.7 Å². The van der Waals surface area contributed by atoms with Gasteiger partial charge in [0.1, 0.15) is 5.76 Å². The van der Waals surface area contributed by atoms with Crippen molar-refractivity contribution in [1.29, 1.82) is 0 Å². The summed E-state index contributed by atoms with van der Waals surface area (Å²) in [6, 6.07) is 5.31. The Morgan fingerprint density at radius 1 is 1.50 bits per heavy atom. The zero-order chi connectivity index (χ0) is 9.97. The van der Waals surface area contributed by atoms with Gasteiger partial charge in [0.05, 0.1) is 12.2 Å². The molecular weight excluding hydrogens is 204 g/mol. The molecule has 74 valence electrons. The van der Waals surface area contributed by atoms with Gasteiger partial charge >= 0.3 is 0 Å². The molecule has 0 fully saturated rings. The van der Waals surface area contributed by atoms with Crippen molar-refractivity contribution in [3.8, 4) is 0 Å². The number of nitrogens with zero attached hydrogens (tertiary/aromatic N) is 1. The fourth-order valence-corrected chi connectivity index (χ4v) is 1.23. The van der Waals surface area contributed by atoms with Gasteiger partial charge in [-0.25, -0.2) is 0 Å². The minimum Gasteiger partial charge on any atom is -0.448 e. The zero-order valence-electron chi connectivity index (χ0n) is 7.58. The fraction of sp³-hybridized carbons (Fsp3) is 0.222. The molecule has 0 spiro atoms. The quantitative estimate of drug-likeness (QED) is 0.850. The van der Waals surface area contributed by atoms with E-state index in [0.29, 0.717) is 17.6 Å². The van der Waals surface area contributed by atoms with E-state index >= 15 is 0 Å². The van der Waals surface area contributed by atoms with Crippen LogP contribution in [0.4, 0.5) is 5.88 Å². The summed E-state index contributed by atoms with van der Waals surface area (Å²) in [5, 5.41) is 7.14. The Hall–Kier alpha value is -1.42. The Bertz CT molecular complexity index is 382. The Morgan fingerprint density at radius 2 is 2.36 bits per heavy atom. The molecule has 0 aliphatic rings. The van der Waals surface area contributed by atoms with Crippen LogP contribution in [0.3, 0.4) is 0 Å². The molecule has 2 aromatic rings. The summed E-state index contributed by atoms with van der Waals surface area (Å²) >= 11 is 5.62. The average molecular weight is 213 g/mol. The first-order valence-corrected chi connectivity index (χ1v) is 4.53. The predicted molar refractivity (Wildman–Crippen MR) is 52.3 cm³/mol. The summed E-state index contributed by atoms with van der Waals surface area (Å²) in [5.41, 5.74) is 0.838. The second-order valence-corrected chi connectivity index (χ2v) is 3.26. The number of hydrogen-bond donors (Lipinski definition) is 1. The van der Waals surface area contributed by atoms with Crippen LogP contribution in [0.15, 0.2) is 27.1 Å². The first-order valence-electron chi connectivity index (χ1n) is 4.15. The van der Waals surface area contributed by atoms with E-state index in [1.54, 1.807) is 12.1 Å². The number of aryl methyl sites for hydroxylation is 1. The summed E-state index contributed by atoms with van der Waals surface area (Å²) in [4.78, 5) is 0. The Morgan fingerprint density at radius 3 is 2.93 bits per heavy atom. The highest BCUT2D eigenvalue weighted by atomic mass is 35.5. The average Bonchev–Trinajstić information content (AvgIpc) is 2.72. The van der Waals surface area contributed by atoms with Crippen molar-refractivity contribution in [3.05, 3.63) is 34.9 Å². The molecule has 0 saturated carbocycles. The first kappa shape index (κ1) is 9.15. The van der Waals surface area contributed by atoms with Crippen LogP contribution in [0.5, 0.6) is 0 Å². The van der Waals surface area contributed by atoms with Gasteiger partial charge in [0.2, 0.25) is 5.88 Å². The van der Waals surface area contributed by atoms with Crippen molar-refractivity contribution < 1.29 is 8.94 Å². The Kier molecular flexibility index (Phi) is 2.45. The number of hydrogen-bond acceptors (Lipinski definition) is 4. The minimum absolute atomic E-state index is 0.385. The van der Waals surface area contributed by atoms with E-state index in [1.165, 1.54) is 0 Å². The minimum atomic E-state index is 0.385. The van der Waals surface area contributed by atoms with E-state index < -0.39 is 0 Å². The molecule has 14 heavy (non-hydrogen) atoms. The highest BCUT2D eigenvalue weighted by Crippen LogP contribution is 2.15. The topological polar surface area (TPSA) is 51.2 Å². The summed E-state index contributed by atoms with van der Waals surface area (Å²) in [5.74, 6) is 1.37. The molecule has 0 unspecified atom stereocenters. The lowest BCUT2D eigenvalue weighted by Crippen LogP contribution is -1.96. The third-order valence-corrected chi connectivity index (χ3v) is 1.90. The Labute approximate surface area is 85.8 Å². The highest BCUT2D eigenvalue weighted by molar-refractivity contribution is 6.28. The molecule has 0 bridgehead atoms. The van der Waals surface area contributed by atoms with Gasteiger partial charge in [-0.2, -0.15) is 0 Å². The lowest BCUT2D eigenvalue weighted by Gasteiger charge is -1.96. The second-order valence-electron chi connectivity index (χ2n) is 2.89. The number of anilines is 1. The number of rotatable bonds is 3. The zero-order valence-corrected chi connectivity index (χ0v) is 8.34. The first-order chi connectivity index (χ1) is 6.74. The molecule has 1 N–H and O–H groups in total. The SMILES string of the molecule is Cc1cc(NCc2ccc(Cl)o2)on1. The normalized spacial score (nSPS) is 10.4. The standard InChI is InChI=1S/C9H9ClN2O2/c1-6-4-9(14-12-6)11-5-7-2-3-8(10)13-7/h2-4,11H,5H2,1H3. The summed E-state index contributed by atoms with van der Waals surface area (Å²) < 4.78 is 10.1. The molecule has 0 aliphatic heterocycles. The smallest absolute Gasteiger partial charge is 0.225 e. The molecule has 4 nitrogen and oxygen atoms in total. The van der Waals surface area contributed by atoms with Crippen molar-refractivity contribution in [2.24, 2.45) is 0 Å². The van der Waals surface area contributed by atoms with Gasteiger partial charge in [-0.1, -0.05) is 5.16 Å². The van der Waals surface area contributed by atoms with Gasteiger partial charge in [-0.15, -0.1) is 0 Å². The van der Waals surface area contributed by atoms with Crippen LogP contribution in [0.2, 0.25) is 5.22 Å². The van der Waals surface area contributed by atoms with E-state index in [0.717, 1.165) is 11.5 Å². The van der Waals surface area contributed by atoms with Gasteiger partial charge < -0.3 is 14.3 Å². The number of halogens is 1. The van der Waals surface area contributed by atoms with E-state index in [4.69, 9.17) is 20.5 Å². The summed E-state index contributed by atoms with van der Waals surface area (Å²) in [6.07, 6.45) is 0. The van der Waals surface area contributed by atoms with E-state index in [-0.39, 0.29) is 0 Å². The van der Waals surface area contributed by atoms with Crippen molar-refractivity contribution in [2.45, 2.75) is 13.5 Å². The molecule has 0 aromatic carbocycles. The predicted octanol–water partition coefficient (Wildman–Crippen LogP) is 2.84. The van der Waals surface area contributed by atoms with E-state index in [2.05, 4.69) is 10.5 Å². The highest BCUT2D eigenvalue weighted by Gasteiger charge is 2.02. The lowest BCUT2D eigenvalue weighted by molar-refractivity contribution is 0.424. The molecule has 5 heteroatoms. The van der Waals surface area contributed by atoms with Crippen LogP contribution in [-0.4, -0.2) is 5.16 Å². The van der Waals surface area contributed by atoms with E-state index in [1.807, 2.05) is 13.0 Å². The second kappa shape index (κ2) is 3.75. The maximum atomic E-state index is 5.62. The molecular formula is C9H9ClN2O2. The fourth-order valence-electron chi connectivity index (χ4n) is 1.07. The van der Waals surface area contributed by atoms with Gasteiger partial charge in [-0.3, -0.25) is 0 Å². The van der Waals surface area contributed by atoms with Crippen molar-refractivity contribution >= 4 is 17.5 Å². The van der Waals surface area contributed by atoms with Crippen molar-refractivity contribution in [3.63, 3.8) is 0 Å². The molecule has 2 rings (SSSR count). The molecule has 0 saturated heterocycles. The Balaban J connectivity index is 1.94. The lowest BCUT2D eigenvalue weighted by atomic mass is 10.4. The van der Waals surface area contributed by atoms with Crippen LogP contribution < -0.4 is 5.32 Å². The number of nitrogens with one attached hydrogen (secondary N) is 1. The summed E-state index contributed by atoms with van der Waals surface area (Å²) in [7, 11) is 0. The molecule has 0 aliphatic carbocycles. The van der Waals surface area contributed by atoms with Crippen LogP contribution in [0, 0.1) is 6.92 Å². The van der Waals surface area contributed by atoms with E-state index in [9.17, 15) is 0 Å². The molecule has 2 aromatic heterocycles. The number of furan rings is 1. The molecule has 2 heterocycles. The maximum absolute atomic E-state index is 5.62. The van der Waals surface area contributed by atoms with Crippen LogP contribution in [0.25, 0.3) is 0 Å². The maximum Gasteiger partial charge on any atom is 0.225 e. The van der Waals surface area contributed by atoms with Crippen molar-refractivity contribution in [1.82, 2.24) is 5.16 Å². The van der Waals surface area contributed by atoms with Gasteiger partial charge in [0.25, 0.3) is 0 Å². The largest absolute Gasteiger partial charge is 0.448 e. The van der Waals surface area contributed by atoms with Gasteiger partial charge in [0.15, 0.2) is 5.22 Å². The van der Waals surface area contributed by atoms with Crippen molar-refractivity contribution in [2.75, 3.05) is 5.32 Å². The van der Waals surface area contributed by atoms with Gasteiger partial charge in [0, 0.05) is 6.07 Å². The molecule has 0 radical (unpaired) electrons. The van der Waals surface area contributed by atoms with Crippen LogP contribution in [0.1, 0.15) is 11.5 Å². The van der Waals surface area contributed by atoms with Crippen LogP contribution in [-0.2, 0) is 6.54 Å². The van der Waals surface area contributed by atoms with Crippen LogP contribution >= 0.6 is 11.6 Å². The third kappa shape index (κ3) is 2.09. The number of aromatic nitrogens is 1. The molecule has 0 atom stereocenters.